The Labute approximate surface area is 151 Å². The number of nitrogens with one attached hydrogen (secondary N) is 1. The van der Waals surface area contributed by atoms with Crippen molar-refractivity contribution in [2.24, 2.45) is 7.05 Å². The van der Waals surface area contributed by atoms with Crippen molar-refractivity contribution in [2.75, 3.05) is 18.0 Å². The van der Waals surface area contributed by atoms with Crippen molar-refractivity contribution in [1.29, 1.82) is 0 Å². The Morgan fingerprint density at radius 2 is 2.04 bits per heavy atom. The van der Waals surface area contributed by atoms with Crippen LogP contribution < -0.4 is 10.2 Å². The Morgan fingerprint density at radius 1 is 1.23 bits per heavy atom. The maximum Gasteiger partial charge on any atom is 0.271 e. The molecule has 134 valence electrons. The van der Waals surface area contributed by atoms with Crippen molar-refractivity contribution in [3.8, 4) is 0 Å². The first-order valence-electron chi connectivity index (χ1n) is 8.74. The second-order valence-electron chi connectivity index (χ2n) is 6.60. The van der Waals surface area contributed by atoms with Gasteiger partial charge in [-0.1, -0.05) is 0 Å². The van der Waals surface area contributed by atoms with Crippen LogP contribution in [0.2, 0.25) is 0 Å². The van der Waals surface area contributed by atoms with Gasteiger partial charge in [0.05, 0.1) is 11.7 Å². The number of carbonyl (C=O) groups excluding carboxylic acids is 1. The van der Waals surface area contributed by atoms with Crippen LogP contribution >= 0.6 is 0 Å². The summed E-state index contributed by atoms with van der Waals surface area (Å²) in [6.45, 7) is 3.57. The minimum Gasteiger partial charge on any atom is -0.356 e. The number of fused-ring (bicyclic) bond motifs is 1. The van der Waals surface area contributed by atoms with E-state index in [1.165, 1.54) is 0 Å². The number of rotatable bonds is 3. The molecule has 0 unspecified atom stereocenters. The van der Waals surface area contributed by atoms with E-state index < -0.39 is 0 Å². The van der Waals surface area contributed by atoms with E-state index in [0.717, 1.165) is 48.5 Å². The molecule has 4 heterocycles. The summed E-state index contributed by atoms with van der Waals surface area (Å²) in [5.74, 6) is 1.58. The molecule has 0 spiro atoms. The van der Waals surface area contributed by atoms with Crippen LogP contribution in [0.1, 0.15) is 29.2 Å². The van der Waals surface area contributed by atoms with Crippen molar-refractivity contribution in [1.82, 2.24) is 30.0 Å². The van der Waals surface area contributed by atoms with Crippen molar-refractivity contribution in [3.63, 3.8) is 0 Å². The van der Waals surface area contributed by atoms with Gasteiger partial charge in [-0.2, -0.15) is 5.10 Å². The van der Waals surface area contributed by atoms with E-state index in [1.807, 2.05) is 13.0 Å². The molecule has 1 fully saturated rings. The molecule has 8 nitrogen and oxygen atoms in total. The third kappa shape index (κ3) is 3.22. The molecular formula is C18H21N7O. The summed E-state index contributed by atoms with van der Waals surface area (Å²) in [5, 5.41) is 8.25. The molecule has 0 saturated carbocycles. The minimum absolute atomic E-state index is 0.113. The van der Waals surface area contributed by atoms with Crippen LogP contribution in [0.25, 0.3) is 10.9 Å². The molecular weight excluding hydrogens is 330 g/mol. The Morgan fingerprint density at radius 3 is 2.77 bits per heavy atom. The van der Waals surface area contributed by atoms with Gasteiger partial charge in [-0.05, 0) is 31.9 Å². The molecule has 26 heavy (non-hydrogen) atoms. The fourth-order valence-electron chi connectivity index (χ4n) is 3.35. The average molecular weight is 351 g/mol. The summed E-state index contributed by atoms with van der Waals surface area (Å²) in [7, 11) is 1.80. The van der Waals surface area contributed by atoms with Crippen LogP contribution in [0, 0.1) is 6.92 Å². The first-order valence-corrected chi connectivity index (χ1v) is 8.74. The Hall–Kier alpha value is -3.03. The Balaban J connectivity index is 1.45. The first-order chi connectivity index (χ1) is 12.6. The van der Waals surface area contributed by atoms with Gasteiger partial charge in [0, 0.05) is 44.0 Å². The predicted molar refractivity (Wildman–Crippen MR) is 98.0 cm³/mol. The summed E-state index contributed by atoms with van der Waals surface area (Å²) >= 11 is 0. The second-order valence-corrected chi connectivity index (χ2v) is 6.60. The third-order valence-electron chi connectivity index (χ3n) is 4.67. The fourth-order valence-corrected chi connectivity index (χ4v) is 3.35. The maximum absolute atomic E-state index is 12.3. The Kier molecular flexibility index (Phi) is 4.24. The van der Waals surface area contributed by atoms with Gasteiger partial charge in [0.1, 0.15) is 17.3 Å². The molecule has 0 aliphatic carbocycles. The number of hydrogen-bond acceptors (Lipinski definition) is 6. The lowest BCUT2D eigenvalue weighted by Crippen LogP contribution is -2.45. The second kappa shape index (κ2) is 6.70. The number of hydrogen-bond donors (Lipinski definition) is 1. The molecule has 0 bridgehead atoms. The molecule has 0 aromatic carbocycles. The van der Waals surface area contributed by atoms with E-state index in [2.05, 4.69) is 30.3 Å². The van der Waals surface area contributed by atoms with E-state index in [4.69, 9.17) is 0 Å². The summed E-state index contributed by atoms with van der Waals surface area (Å²) in [4.78, 5) is 27.8. The number of piperidine rings is 1. The summed E-state index contributed by atoms with van der Waals surface area (Å²) in [6.07, 6.45) is 7.05. The van der Waals surface area contributed by atoms with E-state index in [1.54, 1.807) is 36.4 Å². The van der Waals surface area contributed by atoms with E-state index in [-0.39, 0.29) is 11.9 Å². The van der Waals surface area contributed by atoms with Crippen LogP contribution in [0.4, 0.5) is 5.82 Å². The van der Waals surface area contributed by atoms with Crippen molar-refractivity contribution < 1.29 is 4.79 Å². The van der Waals surface area contributed by atoms with Gasteiger partial charge < -0.3 is 10.2 Å². The number of pyridine rings is 1. The molecule has 3 aromatic heterocycles. The van der Waals surface area contributed by atoms with Crippen LogP contribution in [0.5, 0.6) is 0 Å². The SMILES string of the molecule is Cc1nc(N2CCC(NC(=O)c3ccn(C)n3)CC2)c2ccncc2n1. The highest BCUT2D eigenvalue weighted by molar-refractivity contribution is 5.92. The molecule has 1 N–H and O–H groups in total. The average Bonchev–Trinajstić information content (AvgIpc) is 3.08. The van der Waals surface area contributed by atoms with Crippen LogP contribution in [-0.4, -0.2) is 49.8 Å². The normalized spacial score (nSPS) is 15.4. The standard InChI is InChI=1S/C18H21N7O/c1-12-20-16-11-19-7-3-14(16)17(21-12)25-9-4-13(5-10-25)22-18(26)15-6-8-24(2)23-15/h3,6-8,11,13H,4-5,9-10H2,1-2H3,(H,22,26). The molecule has 8 heteroatoms. The molecule has 1 aliphatic rings. The quantitative estimate of drug-likeness (QED) is 0.769. The zero-order chi connectivity index (χ0) is 18.1. The highest BCUT2D eigenvalue weighted by atomic mass is 16.2. The Bertz CT molecular complexity index is 944. The van der Waals surface area contributed by atoms with E-state index >= 15 is 0 Å². The lowest BCUT2D eigenvalue weighted by atomic mass is 10.0. The third-order valence-corrected chi connectivity index (χ3v) is 4.67. The fraction of sp³-hybridized carbons (Fsp3) is 0.389. The van der Waals surface area contributed by atoms with Gasteiger partial charge in [0.25, 0.3) is 5.91 Å². The minimum atomic E-state index is -0.113. The number of aromatic nitrogens is 5. The zero-order valence-corrected chi connectivity index (χ0v) is 14.9. The lowest BCUT2D eigenvalue weighted by Gasteiger charge is -2.33. The number of aryl methyl sites for hydroxylation is 2. The highest BCUT2D eigenvalue weighted by Crippen LogP contribution is 2.26. The molecule has 0 atom stereocenters. The highest BCUT2D eigenvalue weighted by Gasteiger charge is 2.24. The molecule has 0 radical (unpaired) electrons. The smallest absolute Gasteiger partial charge is 0.271 e. The van der Waals surface area contributed by atoms with Crippen LogP contribution in [-0.2, 0) is 7.05 Å². The summed E-state index contributed by atoms with van der Waals surface area (Å²) < 4.78 is 1.63. The monoisotopic (exact) mass is 351 g/mol. The number of anilines is 1. The van der Waals surface area contributed by atoms with Crippen LogP contribution in [0.3, 0.4) is 0 Å². The summed E-state index contributed by atoms with van der Waals surface area (Å²) in [5.41, 5.74) is 1.32. The largest absolute Gasteiger partial charge is 0.356 e. The van der Waals surface area contributed by atoms with Crippen molar-refractivity contribution >= 4 is 22.6 Å². The number of nitrogens with zero attached hydrogens (tertiary/aromatic N) is 6. The molecule has 3 aromatic rings. The van der Waals surface area contributed by atoms with Gasteiger partial charge in [0.15, 0.2) is 0 Å². The van der Waals surface area contributed by atoms with Crippen molar-refractivity contribution in [2.45, 2.75) is 25.8 Å². The molecule has 1 amide bonds. The topological polar surface area (TPSA) is 88.8 Å². The molecule has 4 rings (SSSR count). The van der Waals surface area contributed by atoms with Crippen LogP contribution in [0.15, 0.2) is 30.7 Å². The summed E-state index contributed by atoms with van der Waals surface area (Å²) in [6, 6.07) is 3.84. The zero-order valence-electron chi connectivity index (χ0n) is 14.9. The lowest BCUT2D eigenvalue weighted by molar-refractivity contribution is 0.0925. The van der Waals surface area contributed by atoms with Gasteiger partial charge >= 0.3 is 0 Å². The van der Waals surface area contributed by atoms with Gasteiger partial charge in [-0.25, -0.2) is 9.97 Å². The molecule has 1 aliphatic heterocycles. The first kappa shape index (κ1) is 16.4. The number of carbonyl (C=O) groups is 1. The maximum atomic E-state index is 12.3. The van der Waals surface area contributed by atoms with Gasteiger partial charge in [-0.15, -0.1) is 0 Å². The van der Waals surface area contributed by atoms with E-state index in [0.29, 0.717) is 5.69 Å². The van der Waals surface area contributed by atoms with E-state index in [9.17, 15) is 4.79 Å². The predicted octanol–water partition coefficient (Wildman–Crippen LogP) is 1.47. The number of amides is 1. The van der Waals surface area contributed by atoms with Gasteiger partial charge in [-0.3, -0.25) is 14.5 Å². The molecule has 1 saturated heterocycles. The van der Waals surface area contributed by atoms with Crippen molar-refractivity contribution in [3.05, 3.63) is 42.2 Å². The van der Waals surface area contributed by atoms with Gasteiger partial charge in [0.2, 0.25) is 0 Å².